The molecule has 2 rings (SSSR count). The SMILES string of the molecule is COCCOCN(C)C(=O)c1cc2cc[nH]c2cn1. The molecule has 0 saturated heterocycles. The number of H-pyrrole nitrogens is 1. The van der Waals surface area contributed by atoms with Gasteiger partial charge < -0.3 is 19.4 Å². The van der Waals surface area contributed by atoms with Gasteiger partial charge in [0, 0.05) is 25.7 Å². The zero-order valence-electron chi connectivity index (χ0n) is 11.0. The third-order valence-electron chi connectivity index (χ3n) is 2.72. The zero-order valence-corrected chi connectivity index (χ0v) is 11.0. The highest BCUT2D eigenvalue weighted by Gasteiger charge is 2.13. The molecule has 0 unspecified atom stereocenters. The van der Waals surface area contributed by atoms with Gasteiger partial charge in [0.05, 0.1) is 24.9 Å². The summed E-state index contributed by atoms with van der Waals surface area (Å²) in [5.74, 6) is -0.166. The molecule has 0 fully saturated rings. The molecule has 0 saturated carbocycles. The zero-order chi connectivity index (χ0) is 13.7. The third-order valence-corrected chi connectivity index (χ3v) is 2.72. The Labute approximate surface area is 111 Å². The molecule has 0 aliphatic rings. The second-order valence-corrected chi connectivity index (χ2v) is 4.17. The van der Waals surface area contributed by atoms with Gasteiger partial charge in [-0.2, -0.15) is 0 Å². The minimum Gasteiger partial charge on any atom is -0.382 e. The summed E-state index contributed by atoms with van der Waals surface area (Å²) in [4.78, 5) is 20.8. The van der Waals surface area contributed by atoms with E-state index in [0.717, 1.165) is 10.9 Å². The van der Waals surface area contributed by atoms with E-state index in [-0.39, 0.29) is 12.6 Å². The monoisotopic (exact) mass is 263 g/mol. The number of amides is 1. The van der Waals surface area contributed by atoms with Gasteiger partial charge in [0.2, 0.25) is 0 Å². The van der Waals surface area contributed by atoms with Crippen LogP contribution in [0.25, 0.3) is 10.9 Å². The summed E-state index contributed by atoms with van der Waals surface area (Å²) < 4.78 is 10.2. The molecule has 0 aromatic carbocycles. The molecule has 0 aliphatic heterocycles. The molecule has 2 heterocycles. The van der Waals surface area contributed by atoms with E-state index < -0.39 is 0 Å². The number of ether oxygens (including phenoxy) is 2. The van der Waals surface area contributed by atoms with E-state index >= 15 is 0 Å². The Kier molecular flexibility index (Phi) is 4.48. The molecule has 0 radical (unpaired) electrons. The summed E-state index contributed by atoms with van der Waals surface area (Å²) in [6, 6.07) is 3.67. The minimum absolute atomic E-state index is 0.166. The highest BCUT2D eigenvalue weighted by atomic mass is 16.5. The van der Waals surface area contributed by atoms with E-state index in [1.807, 2.05) is 12.3 Å². The van der Waals surface area contributed by atoms with E-state index in [0.29, 0.717) is 18.9 Å². The minimum atomic E-state index is -0.166. The van der Waals surface area contributed by atoms with Crippen molar-refractivity contribution in [1.82, 2.24) is 14.9 Å². The Morgan fingerprint density at radius 2 is 2.32 bits per heavy atom. The summed E-state index contributed by atoms with van der Waals surface area (Å²) in [6.07, 6.45) is 3.47. The molecule has 0 bridgehead atoms. The number of nitrogens with zero attached hydrogens (tertiary/aromatic N) is 2. The number of carbonyl (C=O) groups is 1. The standard InChI is InChI=1S/C13H17N3O3/c1-16(9-19-6-5-18-2)13(17)11-7-10-3-4-14-12(10)8-15-11/h3-4,7-8,14H,5-6,9H2,1-2H3. The average Bonchev–Trinajstić information content (AvgIpc) is 2.89. The average molecular weight is 263 g/mol. The number of aromatic nitrogens is 2. The Hall–Kier alpha value is -1.92. The van der Waals surface area contributed by atoms with E-state index in [1.54, 1.807) is 26.4 Å². The van der Waals surface area contributed by atoms with Gasteiger partial charge in [-0.15, -0.1) is 0 Å². The van der Waals surface area contributed by atoms with Crippen LogP contribution in [-0.2, 0) is 9.47 Å². The Morgan fingerprint density at radius 3 is 3.11 bits per heavy atom. The summed E-state index contributed by atoms with van der Waals surface area (Å²) in [6.45, 7) is 1.18. The maximum absolute atomic E-state index is 12.1. The van der Waals surface area contributed by atoms with Gasteiger partial charge >= 0.3 is 0 Å². The normalized spacial score (nSPS) is 10.8. The predicted molar refractivity (Wildman–Crippen MR) is 70.9 cm³/mol. The van der Waals surface area contributed by atoms with Crippen molar-refractivity contribution >= 4 is 16.8 Å². The van der Waals surface area contributed by atoms with Gasteiger partial charge in [0.25, 0.3) is 5.91 Å². The van der Waals surface area contributed by atoms with Gasteiger partial charge in [-0.05, 0) is 12.1 Å². The molecule has 0 atom stereocenters. The number of nitrogens with one attached hydrogen (secondary N) is 1. The van der Waals surface area contributed by atoms with Crippen LogP contribution < -0.4 is 0 Å². The first kappa shape index (κ1) is 13.5. The van der Waals surface area contributed by atoms with Crippen LogP contribution in [0.3, 0.4) is 0 Å². The van der Waals surface area contributed by atoms with Gasteiger partial charge in [0.1, 0.15) is 12.4 Å². The largest absolute Gasteiger partial charge is 0.382 e. The van der Waals surface area contributed by atoms with Crippen LogP contribution in [0.1, 0.15) is 10.5 Å². The number of rotatable bonds is 6. The fraction of sp³-hybridized carbons (Fsp3) is 0.385. The van der Waals surface area contributed by atoms with E-state index in [9.17, 15) is 4.79 Å². The second kappa shape index (κ2) is 6.31. The fourth-order valence-corrected chi connectivity index (χ4v) is 1.67. The van der Waals surface area contributed by atoms with E-state index in [1.165, 1.54) is 4.90 Å². The first-order chi connectivity index (χ1) is 9.22. The summed E-state index contributed by atoms with van der Waals surface area (Å²) in [5, 5.41) is 0.965. The predicted octanol–water partition coefficient (Wildman–Crippen LogP) is 1.26. The van der Waals surface area contributed by atoms with Crippen molar-refractivity contribution in [3.63, 3.8) is 0 Å². The first-order valence-electron chi connectivity index (χ1n) is 5.97. The van der Waals surface area contributed by atoms with E-state index in [2.05, 4.69) is 9.97 Å². The number of aromatic amines is 1. The molecule has 2 aromatic rings. The molecular weight excluding hydrogens is 246 g/mol. The molecule has 19 heavy (non-hydrogen) atoms. The van der Waals surface area contributed by atoms with Crippen LogP contribution in [-0.4, -0.2) is 54.9 Å². The molecule has 1 N–H and O–H groups in total. The number of carbonyl (C=O) groups excluding carboxylic acids is 1. The number of fused-ring (bicyclic) bond motifs is 1. The molecular formula is C13H17N3O3. The van der Waals surface area contributed by atoms with Crippen LogP contribution in [0.2, 0.25) is 0 Å². The second-order valence-electron chi connectivity index (χ2n) is 4.17. The third kappa shape index (κ3) is 3.30. The first-order valence-corrected chi connectivity index (χ1v) is 5.97. The van der Waals surface area contributed by atoms with Crippen LogP contribution in [0.5, 0.6) is 0 Å². The number of methoxy groups -OCH3 is 1. The van der Waals surface area contributed by atoms with Gasteiger partial charge in [0.15, 0.2) is 0 Å². The smallest absolute Gasteiger partial charge is 0.274 e. The quantitative estimate of drug-likeness (QED) is 0.629. The molecule has 6 nitrogen and oxygen atoms in total. The molecule has 2 aromatic heterocycles. The summed E-state index contributed by atoms with van der Waals surface area (Å²) in [5.41, 5.74) is 1.32. The lowest BCUT2D eigenvalue weighted by molar-refractivity contribution is 0.0136. The molecule has 6 heteroatoms. The lowest BCUT2D eigenvalue weighted by Gasteiger charge is -2.16. The molecule has 102 valence electrons. The maximum atomic E-state index is 12.1. The molecule has 1 amide bonds. The fourth-order valence-electron chi connectivity index (χ4n) is 1.67. The van der Waals surface area contributed by atoms with Crippen molar-refractivity contribution in [2.75, 3.05) is 34.1 Å². The van der Waals surface area contributed by atoms with Gasteiger partial charge in [-0.1, -0.05) is 0 Å². The topological polar surface area (TPSA) is 67.5 Å². The van der Waals surface area contributed by atoms with Crippen molar-refractivity contribution in [3.05, 3.63) is 30.2 Å². The number of hydrogen-bond donors (Lipinski definition) is 1. The summed E-state index contributed by atoms with van der Waals surface area (Å²) >= 11 is 0. The molecule has 0 aliphatic carbocycles. The Balaban J connectivity index is 1.97. The highest BCUT2D eigenvalue weighted by molar-refractivity contribution is 5.95. The van der Waals surface area contributed by atoms with Crippen LogP contribution in [0, 0.1) is 0 Å². The van der Waals surface area contributed by atoms with Gasteiger partial charge in [-0.3, -0.25) is 4.79 Å². The molecule has 0 spiro atoms. The Morgan fingerprint density at radius 1 is 1.47 bits per heavy atom. The van der Waals surface area contributed by atoms with Crippen molar-refractivity contribution in [2.45, 2.75) is 0 Å². The van der Waals surface area contributed by atoms with Crippen LogP contribution >= 0.6 is 0 Å². The number of hydrogen-bond acceptors (Lipinski definition) is 4. The number of pyridine rings is 1. The lowest BCUT2D eigenvalue weighted by Crippen LogP contribution is -2.30. The maximum Gasteiger partial charge on any atom is 0.274 e. The highest BCUT2D eigenvalue weighted by Crippen LogP contribution is 2.12. The van der Waals surface area contributed by atoms with Crippen molar-refractivity contribution in [1.29, 1.82) is 0 Å². The van der Waals surface area contributed by atoms with Gasteiger partial charge in [-0.25, -0.2) is 4.98 Å². The van der Waals surface area contributed by atoms with Crippen molar-refractivity contribution in [3.8, 4) is 0 Å². The van der Waals surface area contributed by atoms with Crippen molar-refractivity contribution in [2.24, 2.45) is 0 Å². The van der Waals surface area contributed by atoms with E-state index in [4.69, 9.17) is 9.47 Å². The Bertz CT molecular complexity index is 553. The van der Waals surface area contributed by atoms with Crippen LogP contribution in [0.15, 0.2) is 24.5 Å². The summed E-state index contributed by atoms with van der Waals surface area (Å²) in [7, 11) is 3.28. The van der Waals surface area contributed by atoms with Crippen molar-refractivity contribution < 1.29 is 14.3 Å². The lowest BCUT2D eigenvalue weighted by atomic mass is 10.2. The van der Waals surface area contributed by atoms with Crippen LogP contribution in [0.4, 0.5) is 0 Å².